The molecule has 1 aliphatic heterocycles. The molecule has 3 N–H and O–H groups in total. The number of hydrogen-bond acceptors (Lipinski definition) is 5. The van der Waals surface area contributed by atoms with Crippen molar-refractivity contribution >= 4 is 11.7 Å². The SMILES string of the molecule is NNc1cnc(C(=O)N2CCCCCCC2)cn1. The summed E-state index contributed by atoms with van der Waals surface area (Å²) in [5.74, 6) is 5.63. The molecule has 1 aliphatic rings. The van der Waals surface area contributed by atoms with Crippen molar-refractivity contribution in [3.05, 3.63) is 18.1 Å². The number of aromatic nitrogens is 2. The van der Waals surface area contributed by atoms with Crippen LogP contribution in [-0.4, -0.2) is 33.9 Å². The van der Waals surface area contributed by atoms with Crippen LogP contribution in [0.3, 0.4) is 0 Å². The Morgan fingerprint density at radius 1 is 1.11 bits per heavy atom. The Hall–Kier alpha value is -1.69. The summed E-state index contributed by atoms with van der Waals surface area (Å²) < 4.78 is 0. The van der Waals surface area contributed by atoms with Crippen LogP contribution in [0.5, 0.6) is 0 Å². The number of nitrogens with zero attached hydrogens (tertiary/aromatic N) is 3. The predicted molar refractivity (Wildman–Crippen MR) is 68.8 cm³/mol. The van der Waals surface area contributed by atoms with Crippen LogP contribution in [0.1, 0.15) is 42.6 Å². The van der Waals surface area contributed by atoms with E-state index in [1.807, 2.05) is 4.90 Å². The molecule has 2 rings (SSSR count). The van der Waals surface area contributed by atoms with Crippen molar-refractivity contribution in [2.24, 2.45) is 5.84 Å². The van der Waals surface area contributed by atoms with Gasteiger partial charge in [-0.2, -0.15) is 0 Å². The highest BCUT2D eigenvalue weighted by Gasteiger charge is 2.17. The smallest absolute Gasteiger partial charge is 0.274 e. The number of rotatable bonds is 2. The Morgan fingerprint density at radius 2 is 1.78 bits per heavy atom. The number of likely N-dealkylation sites (tertiary alicyclic amines) is 1. The van der Waals surface area contributed by atoms with E-state index in [2.05, 4.69) is 15.4 Å². The molecular formula is C12H19N5O. The zero-order chi connectivity index (χ0) is 12.8. The molecule has 0 unspecified atom stereocenters. The van der Waals surface area contributed by atoms with Gasteiger partial charge in [0.15, 0.2) is 5.82 Å². The van der Waals surface area contributed by atoms with Crippen molar-refractivity contribution in [1.29, 1.82) is 0 Å². The van der Waals surface area contributed by atoms with E-state index in [-0.39, 0.29) is 5.91 Å². The molecule has 1 saturated heterocycles. The standard InChI is InChI=1S/C12H19N5O/c13-16-11-9-14-10(8-15-11)12(18)17-6-4-2-1-3-5-7-17/h8-9H,1-7,13H2,(H,15,16). The predicted octanol–water partition coefficient (Wildman–Crippen LogP) is 1.17. The van der Waals surface area contributed by atoms with Crippen LogP contribution < -0.4 is 11.3 Å². The average Bonchev–Trinajstić information content (AvgIpc) is 2.38. The molecule has 2 heterocycles. The molecule has 0 atom stereocenters. The van der Waals surface area contributed by atoms with Crippen molar-refractivity contribution < 1.29 is 4.79 Å². The van der Waals surface area contributed by atoms with Crippen molar-refractivity contribution in [3.8, 4) is 0 Å². The first-order valence-corrected chi connectivity index (χ1v) is 6.39. The van der Waals surface area contributed by atoms with Gasteiger partial charge < -0.3 is 10.3 Å². The second-order valence-electron chi connectivity index (χ2n) is 4.49. The summed E-state index contributed by atoms with van der Waals surface area (Å²) in [6, 6.07) is 0. The molecule has 1 amide bonds. The highest BCUT2D eigenvalue weighted by molar-refractivity contribution is 5.92. The van der Waals surface area contributed by atoms with Gasteiger partial charge in [-0.15, -0.1) is 0 Å². The summed E-state index contributed by atoms with van der Waals surface area (Å²) in [6.45, 7) is 1.63. The fourth-order valence-corrected chi connectivity index (χ4v) is 2.13. The van der Waals surface area contributed by atoms with Gasteiger partial charge in [-0.05, 0) is 12.8 Å². The van der Waals surface area contributed by atoms with Gasteiger partial charge in [0.2, 0.25) is 0 Å². The first-order valence-electron chi connectivity index (χ1n) is 6.39. The third-order valence-corrected chi connectivity index (χ3v) is 3.16. The summed E-state index contributed by atoms with van der Waals surface area (Å²) in [7, 11) is 0. The van der Waals surface area contributed by atoms with Gasteiger partial charge in [-0.3, -0.25) is 4.79 Å². The summed E-state index contributed by atoms with van der Waals surface area (Å²) in [6.07, 6.45) is 8.76. The van der Waals surface area contributed by atoms with E-state index in [9.17, 15) is 4.79 Å². The number of hydrogen-bond donors (Lipinski definition) is 2. The van der Waals surface area contributed by atoms with Gasteiger partial charge in [-0.25, -0.2) is 15.8 Å². The molecule has 18 heavy (non-hydrogen) atoms. The normalized spacial score (nSPS) is 16.8. The third kappa shape index (κ3) is 3.16. The van der Waals surface area contributed by atoms with E-state index in [0.717, 1.165) is 25.9 Å². The van der Waals surface area contributed by atoms with E-state index >= 15 is 0 Å². The second kappa shape index (κ2) is 6.30. The third-order valence-electron chi connectivity index (χ3n) is 3.16. The summed E-state index contributed by atoms with van der Waals surface area (Å²) in [5.41, 5.74) is 2.78. The first-order chi connectivity index (χ1) is 8.81. The van der Waals surface area contributed by atoms with Crippen molar-refractivity contribution in [2.75, 3.05) is 18.5 Å². The number of amides is 1. The Bertz CT molecular complexity index is 384. The van der Waals surface area contributed by atoms with E-state index in [0.29, 0.717) is 11.5 Å². The second-order valence-corrected chi connectivity index (χ2v) is 4.49. The molecule has 1 aromatic heterocycles. The molecule has 6 nitrogen and oxygen atoms in total. The Kier molecular flexibility index (Phi) is 4.46. The number of carbonyl (C=O) groups excluding carboxylic acids is 1. The molecule has 1 fully saturated rings. The maximum absolute atomic E-state index is 12.2. The van der Waals surface area contributed by atoms with Crippen molar-refractivity contribution in [1.82, 2.24) is 14.9 Å². The topological polar surface area (TPSA) is 84.1 Å². The van der Waals surface area contributed by atoms with Crippen LogP contribution in [-0.2, 0) is 0 Å². The highest BCUT2D eigenvalue weighted by Crippen LogP contribution is 2.12. The molecule has 0 radical (unpaired) electrons. The van der Waals surface area contributed by atoms with E-state index < -0.39 is 0 Å². The van der Waals surface area contributed by atoms with E-state index in [1.165, 1.54) is 31.7 Å². The van der Waals surface area contributed by atoms with Crippen LogP contribution in [0.25, 0.3) is 0 Å². The minimum atomic E-state index is -0.0343. The number of nitrogens with one attached hydrogen (secondary N) is 1. The lowest BCUT2D eigenvalue weighted by Crippen LogP contribution is -2.34. The van der Waals surface area contributed by atoms with Crippen molar-refractivity contribution in [3.63, 3.8) is 0 Å². The molecular weight excluding hydrogens is 230 g/mol. The molecule has 0 saturated carbocycles. The maximum Gasteiger partial charge on any atom is 0.274 e. The van der Waals surface area contributed by atoms with Crippen LogP contribution in [0.2, 0.25) is 0 Å². The fraction of sp³-hybridized carbons (Fsp3) is 0.583. The molecule has 98 valence electrons. The number of anilines is 1. The van der Waals surface area contributed by atoms with E-state index in [4.69, 9.17) is 5.84 Å². The quantitative estimate of drug-likeness (QED) is 0.607. The summed E-state index contributed by atoms with van der Waals surface area (Å²) in [4.78, 5) is 22.2. The molecule has 1 aromatic rings. The summed E-state index contributed by atoms with van der Waals surface area (Å²) in [5, 5.41) is 0. The minimum absolute atomic E-state index is 0.0343. The lowest BCUT2D eigenvalue weighted by atomic mass is 10.1. The zero-order valence-corrected chi connectivity index (χ0v) is 10.4. The fourth-order valence-electron chi connectivity index (χ4n) is 2.13. The molecule has 0 aromatic carbocycles. The summed E-state index contributed by atoms with van der Waals surface area (Å²) >= 11 is 0. The van der Waals surface area contributed by atoms with Crippen LogP contribution in [0, 0.1) is 0 Å². The van der Waals surface area contributed by atoms with Gasteiger partial charge in [0.25, 0.3) is 5.91 Å². The van der Waals surface area contributed by atoms with Gasteiger partial charge in [-0.1, -0.05) is 19.3 Å². The molecule has 6 heteroatoms. The molecule has 0 bridgehead atoms. The maximum atomic E-state index is 12.2. The minimum Gasteiger partial charge on any atom is -0.337 e. The Morgan fingerprint density at radius 3 is 2.33 bits per heavy atom. The zero-order valence-electron chi connectivity index (χ0n) is 10.4. The molecule has 0 aliphatic carbocycles. The Labute approximate surface area is 107 Å². The number of carbonyl (C=O) groups is 1. The van der Waals surface area contributed by atoms with Crippen LogP contribution >= 0.6 is 0 Å². The van der Waals surface area contributed by atoms with Crippen molar-refractivity contribution in [2.45, 2.75) is 32.1 Å². The van der Waals surface area contributed by atoms with Gasteiger partial charge in [0.1, 0.15) is 5.69 Å². The first kappa shape index (κ1) is 12.8. The lowest BCUT2D eigenvalue weighted by molar-refractivity contribution is 0.0736. The van der Waals surface area contributed by atoms with Gasteiger partial charge in [0.05, 0.1) is 12.4 Å². The average molecular weight is 249 g/mol. The van der Waals surface area contributed by atoms with E-state index in [1.54, 1.807) is 0 Å². The highest BCUT2D eigenvalue weighted by atomic mass is 16.2. The van der Waals surface area contributed by atoms with Crippen LogP contribution in [0.15, 0.2) is 12.4 Å². The number of hydrazine groups is 1. The number of nitrogen functional groups attached to an aromatic ring is 1. The van der Waals surface area contributed by atoms with Crippen LogP contribution in [0.4, 0.5) is 5.82 Å². The molecule has 0 spiro atoms. The lowest BCUT2D eigenvalue weighted by Gasteiger charge is -2.24. The van der Waals surface area contributed by atoms with Gasteiger partial charge >= 0.3 is 0 Å². The monoisotopic (exact) mass is 249 g/mol. The number of nitrogens with two attached hydrogens (primary N) is 1. The Balaban J connectivity index is 2.03. The van der Waals surface area contributed by atoms with Gasteiger partial charge in [0, 0.05) is 13.1 Å². The largest absolute Gasteiger partial charge is 0.337 e.